The van der Waals surface area contributed by atoms with Crippen LogP contribution in [0, 0.1) is 6.92 Å². The molecule has 1 saturated heterocycles. The monoisotopic (exact) mass is 425 g/mol. The number of halogens is 1. The quantitative estimate of drug-likeness (QED) is 0.645. The zero-order valence-corrected chi connectivity index (χ0v) is 16.6. The molecule has 138 valence electrons. The molecule has 0 radical (unpaired) electrons. The number of hydrogen-bond donors (Lipinski definition) is 0. The van der Waals surface area contributed by atoms with E-state index in [1.807, 2.05) is 71.2 Å². The average Bonchev–Trinajstić information content (AvgIpc) is 3.22. The zero-order valence-electron chi connectivity index (χ0n) is 15.0. The summed E-state index contributed by atoms with van der Waals surface area (Å²) in [5.41, 5.74) is 0.707. The number of rotatable bonds is 3. The topological polar surface area (TPSA) is 54.3 Å². The Kier molecular flexibility index (Phi) is 4.94. The highest BCUT2D eigenvalue weighted by molar-refractivity contribution is 9.10. The van der Waals surface area contributed by atoms with Crippen LogP contribution in [0.4, 0.5) is 5.82 Å². The van der Waals surface area contributed by atoms with E-state index in [9.17, 15) is 4.79 Å². The molecule has 2 aromatic heterocycles. The lowest BCUT2D eigenvalue weighted by Crippen LogP contribution is -2.49. The summed E-state index contributed by atoms with van der Waals surface area (Å²) in [7, 11) is 0. The maximum Gasteiger partial charge on any atom is 0.255 e. The molecule has 0 spiro atoms. The Labute approximate surface area is 166 Å². The lowest BCUT2D eigenvalue weighted by atomic mass is 10.2. The summed E-state index contributed by atoms with van der Waals surface area (Å²) in [6.45, 7) is 4.74. The number of piperazine rings is 1. The third kappa shape index (κ3) is 3.73. The molecule has 0 aliphatic carbocycles. The SMILES string of the molecule is Cc1nc(N2CCN(C(=O)c3ccccc3Br)CC2)cc(-n2cccc2)n1. The first-order valence-corrected chi connectivity index (χ1v) is 9.69. The summed E-state index contributed by atoms with van der Waals surface area (Å²) in [5.74, 6) is 2.56. The van der Waals surface area contributed by atoms with Crippen LogP contribution < -0.4 is 4.90 Å². The number of carbonyl (C=O) groups is 1. The molecule has 6 nitrogen and oxygen atoms in total. The van der Waals surface area contributed by atoms with Gasteiger partial charge in [0.05, 0.1) is 5.56 Å². The Morgan fingerprint density at radius 1 is 0.963 bits per heavy atom. The van der Waals surface area contributed by atoms with Crippen LogP contribution in [-0.2, 0) is 0 Å². The third-order valence-electron chi connectivity index (χ3n) is 4.68. The van der Waals surface area contributed by atoms with E-state index < -0.39 is 0 Å². The van der Waals surface area contributed by atoms with Gasteiger partial charge in [0.2, 0.25) is 0 Å². The predicted octanol–water partition coefficient (Wildman–Crippen LogP) is 3.30. The van der Waals surface area contributed by atoms with Gasteiger partial charge in [-0.05, 0) is 47.1 Å². The van der Waals surface area contributed by atoms with Crippen LogP contribution in [0.1, 0.15) is 16.2 Å². The number of carbonyl (C=O) groups excluding carboxylic acids is 1. The van der Waals surface area contributed by atoms with E-state index in [-0.39, 0.29) is 5.91 Å². The third-order valence-corrected chi connectivity index (χ3v) is 5.37. The van der Waals surface area contributed by atoms with Gasteiger partial charge in [0.25, 0.3) is 5.91 Å². The van der Waals surface area contributed by atoms with E-state index >= 15 is 0 Å². The summed E-state index contributed by atoms with van der Waals surface area (Å²) >= 11 is 3.47. The van der Waals surface area contributed by atoms with Crippen molar-refractivity contribution in [2.45, 2.75) is 6.92 Å². The molecule has 1 aliphatic heterocycles. The summed E-state index contributed by atoms with van der Waals surface area (Å²) in [4.78, 5) is 26.0. The minimum absolute atomic E-state index is 0.0639. The van der Waals surface area contributed by atoms with E-state index in [0.717, 1.165) is 35.0 Å². The molecule has 27 heavy (non-hydrogen) atoms. The maximum atomic E-state index is 12.8. The van der Waals surface area contributed by atoms with E-state index in [1.54, 1.807) is 0 Å². The second-order valence-electron chi connectivity index (χ2n) is 6.48. The molecule has 1 aromatic carbocycles. The van der Waals surface area contributed by atoms with Gasteiger partial charge in [-0.1, -0.05) is 12.1 Å². The van der Waals surface area contributed by atoms with Crippen LogP contribution in [0.15, 0.2) is 59.3 Å². The maximum absolute atomic E-state index is 12.8. The van der Waals surface area contributed by atoms with Crippen molar-refractivity contribution in [2.24, 2.45) is 0 Å². The standard InChI is InChI=1S/C20H20BrN5O/c1-15-22-18(24-8-4-5-9-24)14-19(23-15)25-10-12-26(13-11-25)20(27)16-6-2-3-7-17(16)21/h2-9,14H,10-13H2,1H3. The molecule has 0 N–H and O–H groups in total. The highest BCUT2D eigenvalue weighted by Crippen LogP contribution is 2.21. The molecule has 3 aromatic rings. The Hall–Kier alpha value is -2.67. The lowest BCUT2D eigenvalue weighted by Gasteiger charge is -2.35. The molecule has 1 fully saturated rings. The number of aromatic nitrogens is 3. The fraction of sp³-hybridized carbons (Fsp3) is 0.250. The molecule has 1 amide bonds. The van der Waals surface area contributed by atoms with Crippen LogP contribution in [0.3, 0.4) is 0 Å². The fourth-order valence-corrected chi connectivity index (χ4v) is 3.72. The van der Waals surface area contributed by atoms with Crippen molar-refractivity contribution in [1.82, 2.24) is 19.4 Å². The predicted molar refractivity (Wildman–Crippen MR) is 108 cm³/mol. The number of aryl methyl sites for hydroxylation is 1. The molecular weight excluding hydrogens is 406 g/mol. The number of nitrogens with zero attached hydrogens (tertiary/aromatic N) is 5. The highest BCUT2D eigenvalue weighted by Gasteiger charge is 2.24. The Balaban J connectivity index is 1.48. The van der Waals surface area contributed by atoms with Crippen molar-refractivity contribution in [3.8, 4) is 5.82 Å². The van der Waals surface area contributed by atoms with E-state index in [0.29, 0.717) is 18.7 Å². The van der Waals surface area contributed by atoms with Crippen molar-refractivity contribution in [3.63, 3.8) is 0 Å². The Morgan fingerprint density at radius 3 is 2.33 bits per heavy atom. The van der Waals surface area contributed by atoms with Gasteiger partial charge in [-0.25, -0.2) is 9.97 Å². The molecule has 0 atom stereocenters. The second kappa shape index (κ2) is 7.52. The minimum Gasteiger partial charge on any atom is -0.353 e. The second-order valence-corrected chi connectivity index (χ2v) is 7.34. The number of anilines is 1. The zero-order chi connectivity index (χ0) is 18.8. The fourth-order valence-electron chi connectivity index (χ4n) is 3.26. The molecule has 4 rings (SSSR count). The van der Waals surface area contributed by atoms with Gasteiger partial charge in [0.1, 0.15) is 17.5 Å². The van der Waals surface area contributed by atoms with Gasteiger partial charge in [-0.15, -0.1) is 0 Å². The first kappa shape index (κ1) is 17.7. The number of hydrogen-bond acceptors (Lipinski definition) is 4. The van der Waals surface area contributed by atoms with Crippen LogP contribution in [0.25, 0.3) is 5.82 Å². The molecule has 0 saturated carbocycles. The Bertz CT molecular complexity index is 949. The smallest absolute Gasteiger partial charge is 0.255 e. The summed E-state index contributed by atoms with van der Waals surface area (Å²) < 4.78 is 2.81. The molecule has 7 heteroatoms. The normalized spacial score (nSPS) is 14.4. The van der Waals surface area contributed by atoms with Crippen molar-refractivity contribution >= 4 is 27.7 Å². The number of benzene rings is 1. The van der Waals surface area contributed by atoms with Gasteiger partial charge >= 0.3 is 0 Å². The summed E-state index contributed by atoms with van der Waals surface area (Å²) in [6, 6.07) is 13.5. The first-order valence-electron chi connectivity index (χ1n) is 8.89. The highest BCUT2D eigenvalue weighted by atomic mass is 79.9. The van der Waals surface area contributed by atoms with Crippen LogP contribution >= 0.6 is 15.9 Å². The van der Waals surface area contributed by atoms with Gasteiger partial charge in [-0.2, -0.15) is 0 Å². The lowest BCUT2D eigenvalue weighted by molar-refractivity contribution is 0.0745. The Morgan fingerprint density at radius 2 is 1.63 bits per heavy atom. The largest absolute Gasteiger partial charge is 0.353 e. The van der Waals surface area contributed by atoms with E-state index in [4.69, 9.17) is 0 Å². The van der Waals surface area contributed by atoms with Crippen molar-refractivity contribution < 1.29 is 4.79 Å². The molecule has 1 aliphatic rings. The van der Waals surface area contributed by atoms with Crippen LogP contribution in [0.5, 0.6) is 0 Å². The van der Waals surface area contributed by atoms with Gasteiger partial charge in [0.15, 0.2) is 0 Å². The van der Waals surface area contributed by atoms with Gasteiger partial charge in [0, 0.05) is 49.1 Å². The van der Waals surface area contributed by atoms with E-state index in [2.05, 4.69) is 30.8 Å². The van der Waals surface area contributed by atoms with E-state index in [1.165, 1.54) is 0 Å². The first-order chi connectivity index (χ1) is 13.1. The van der Waals surface area contributed by atoms with Crippen molar-refractivity contribution in [1.29, 1.82) is 0 Å². The molecule has 3 heterocycles. The van der Waals surface area contributed by atoms with Crippen LogP contribution in [-0.4, -0.2) is 51.5 Å². The minimum atomic E-state index is 0.0639. The summed E-state index contributed by atoms with van der Waals surface area (Å²) in [6.07, 6.45) is 3.94. The number of amides is 1. The van der Waals surface area contributed by atoms with Crippen molar-refractivity contribution in [2.75, 3.05) is 31.1 Å². The molecule has 0 unspecified atom stereocenters. The molecule has 0 bridgehead atoms. The van der Waals surface area contributed by atoms with Crippen LogP contribution in [0.2, 0.25) is 0 Å². The van der Waals surface area contributed by atoms with Crippen molar-refractivity contribution in [3.05, 3.63) is 70.7 Å². The molecular formula is C20H20BrN5O. The van der Waals surface area contributed by atoms with Gasteiger partial charge in [-0.3, -0.25) is 4.79 Å². The summed E-state index contributed by atoms with van der Waals surface area (Å²) in [5, 5.41) is 0. The van der Waals surface area contributed by atoms with Gasteiger partial charge < -0.3 is 14.4 Å². The average molecular weight is 426 g/mol.